The molecular formula is C14H18O4. The van der Waals surface area contributed by atoms with Gasteiger partial charge in [-0.3, -0.25) is 4.79 Å². The van der Waals surface area contributed by atoms with Gasteiger partial charge in [0.1, 0.15) is 0 Å². The maximum atomic E-state index is 12.2. The average Bonchev–Trinajstić information content (AvgIpc) is 2.40. The van der Waals surface area contributed by atoms with Crippen LogP contribution in [0.4, 0.5) is 0 Å². The van der Waals surface area contributed by atoms with E-state index in [0.29, 0.717) is 12.0 Å². The molecule has 4 heteroatoms. The first-order valence-electron chi connectivity index (χ1n) is 6.05. The highest BCUT2D eigenvalue weighted by molar-refractivity contribution is 6.00. The van der Waals surface area contributed by atoms with Crippen LogP contribution in [0.1, 0.15) is 30.6 Å². The third-order valence-electron chi connectivity index (χ3n) is 2.74. The summed E-state index contributed by atoms with van der Waals surface area (Å²) in [4.78, 5) is 23.6. The number of aliphatic hydroxyl groups is 1. The minimum absolute atomic E-state index is 0.186. The molecule has 0 bridgehead atoms. The highest BCUT2D eigenvalue weighted by Crippen LogP contribution is 2.17. The minimum Gasteiger partial charge on any atom is -0.464 e. The molecule has 0 aliphatic rings. The second-order valence-electron chi connectivity index (χ2n) is 3.94. The first-order chi connectivity index (χ1) is 8.61. The van der Waals surface area contributed by atoms with E-state index >= 15 is 0 Å². The fraction of sp³-hybridized carbons (Fsp3) is 0.429. The van der Waals surface area contributed by atoms with Crippen LogP contribution in [-0.2, 0) is 9.53 Å². The Bertz CT molecular complexity index is 400. The van der Waals surface area contributed by atoms with Crippen molar-refractivity contribution in [2.24, 2.45) is 5.92 Å². The molecule has 1 aromatic rings. The fourth-order valence-corrected chi connectivity index (χ4v) is 1.76. The number of benzene rings is 1. The summed E-state index contributed by atoms with van der Waals surface area (Å²) < 4.78 is 4.73. The monoisotopic (exact) mass is 250 g/mol. The molecule has 0 spiro atoms. The lowest BCUT2D eigenvalue weighted by Crippen LogP contribution is -2.36. The van der Waals surface area contributed by atoms with Crippen molar-refractivity contribution in [3.63, 3.8) is 0 Å². The number of Topliss-reactive ketones (excluding diaryl/α,β-unsaturated/α-hetero) is 1. The Hall–Kier alpha value is -1.68. The van der Waals surface area contributed by atoms with E-state index in [0.717, 1.165) is 0 Å². The van der Waals surface area contributed by atoms with Gasteiger partial charge < -0.3 is 9.84 Å². The molecule has 1 N–H and O–H groups in total. The number of aliphatic hydroxyl groups excluding tert-OH is 1. The summed E-state index contributed by atoms with van der Waals surface area (Å²) in [7, 11) is 0. The fourth-order valence-electron chi connectivity index (χ4n) is 1.76. The minimum atomic E-state index is -1.40. The van der Waals surface area contributed by atoms with Crippen LogP contribution in [0.2, 0.25) is 0 Å². The zero-order chi connectivity index (χ0) is 13.5. The van der Waals surface area contributed by atoms with Gasteiger partial charge in [0.25, 0.3) is 0 Å². The van der Waals surface area contributed by atoms with Crippen molar-refractivity contribution >= 4 is 11.8 Å². The Morgan fingerprint density at radius 1 is 1.22 bits per heavy atom. The van der Waals surface area contributed by atoms with E-state index in [4.69, 9.17) is 4.74 Å². The third kappa shape index (κ3) is 3.40. The summed E-state index contributed by atoms with van der Waals surface area (Å²) in [5, 5.41) is 9.84. The van der Waals surface area contributed by atoms with Crippen molar-refractivity contribution in [2.75, 3.05) is 6.61 Å². The van der Waals surface area contributed by atoms with Crippen LogP contribution in [0.25, 0.3) is 0 Å². The number of hydrogen-bond acceptors (Lipinski definition) is 4. The van der Waals surface area contributed by atoms with Gasteiger partial charge in [0.05, 0.1) is 12.5 Å². The number of carbonyl (C=O) groups is 2. The SMILES string of the molecule is CCOC(=O)[C@@H](O)[C@@H](CC)C(=O)c1ccccc1. The van der Waals surface area contributed by atoms with E-state index in [9.17, 15) is 14.7 Å². The van der Waals surface area contributed by atoms with Gasteiger partial charge in [-0.1, -0.05) is 37.3 Å². The van der Waals surface area contributed by atoms with E-state index in [-0.39, 0.29) is 12.4 Å². The Kier molecular flexibility index (Phi) is 5.52. The molecule has 0 aliphatic carbocycles. The summed E-state index contributed by atoms with van der Waals surface area (Å²) in [6.45, 7) is 3.60. The summed E-state index contributed by atoms with van der Waals surface area (Å²) in [6.07, 6.45) is -1.02. The van der Waals surface area contributed by atoms with E-state index in [1.807, 2.05) is 0 Å². The number of hydrogen-bond donors (Lipinski definition) is 1. The third-order valence-corrected chi connectivity index (χ3v) is 2.74. The Balaban J connectivity index is 2.83. The maximum Gasteiger partial charge on any atom is 0.335 e. The molecule has 0 saturated carbocycles. The largest absolute Gasteiger partial charge is 0.464 e. The van der Waals surface area contributed by atoms with Crippen molar-refractivity contribution in [2.45, 2.75) is 26.4 Å². The molecule has 0 aromatic heterocycles. The maximum absolute atomic E-state index is 12.2. The Morgan fingerprint density at radius 3 is 2.33 bits per heavy atom. The molecule has 0 radical (unpaired) electrons. The smallest absolute Gasteiger partial charge is 0.335 e. The first kappa shape index (κ1) is 14.4. The molecule has 0 saturated heterocycles. The van der Waals surface area contributed by atoms with Crippen molar-refractivity contribution in [1.82, 2.24) is 0 Å². The summed E-state index contributed by atoms with van der Waals surface area (Å²) in [5.74, 6) is -1.74. The topological polar surface area (TPSA) is 63.6 Å². The lowest BCUT2D eigenvalue weighted by molar-refractivity contribution is -0.155. The van der Waals surface area contributed by atoms with Crippen LogP contribution in [0.15, 0.2) is 30.3 Å². The van der Waals surface area contributed by atoms with Crippen LogP contribution < -0.4 is 0 Å². The van der Waals surface area contributed by atoms with Gasteiger partial charge in [-0.2, -0.15) is 0 Å². The molecule has 18 heavy (non-hydrogen) atoms. The standard InChI is InChI=1S/C14H18O4/c1-3-11(13(16)14(17)18-4-2)12(15)10-8-6-5-7-9-10/h5-9,11,13,16H,3-4H2,1-2H3/t11-,13-/m0/s1. The number of ether oxygens (including phenoxy) is 1. The van der Waals surface area contributed by atoms with E-state index in [2.05, 4.69) is 0 Å². The highest BCUT2D eigenvalue weighted by Gasteiger charge is 2.32. The molecule has 0 heterocycles. The number of carbonyl (C=O) groups excluding carboxylic acids is 2. The van der Waals surface area contributed by atoms with E-state index in [1.165, 1.54) is 0 Å². The number of esters is 1. The van der Waals surface area contributed by atoms with Crippen molar-refractivity contribution in [3.8, 4) is 0 Å². The van der Waals surface area contributed by atoms with Crippen molar-refractivity contribution in [3.05, 3.63) is 35.9 Å². The highest BCUT2D eigenvalue weighted by atomic mass is 16.5. The Labute approximate surface area is 107 Å². The van der Waals surface area contributed by atoms with Gasteiger partial charge in [0.15, 0.2) is 11.9 Å². The van der Waals surface area contributed by atoms with Crippen LogP contribution >= 0.6 is 0 Å². The number of rotatable bonds is 6. The van der Waals surface area contributed by atoms with Crippen LogP contribution in [0, 0.1) is 5.92 Å². The summed E-state index contributed by atoms with van der Waals surface area (Å²) in [6, 6.07) is 8.64. The molecule has 1 aromatic carbocycles. The summed E-state index contributed by atoms with van der Waals surface area (Å²) in [5.41, 5.74) is 0.493. The van der Waals surface area contributed by atoms with Crippen LogP contribution in [0.3, 0.4) is 0 Å². The Morgan fingerprint density at radius 2 is 1.83 bits per heavy atom. The number of ketones is 1. The lowest BCUT2D eigenvalue weighted by Gasteiger charge is -2.18. The second-order valence-corrected chi connectivity index (χ2v) is 3.94. The molecule has 0 amide bonds. The van der Waals surface area contributed by atoms with Crippen LogP contribution in [0.5, 0.6) is 0 Å². The second kappa shape index (κ2) is 6.91. The van der Waals surface area contributed by atoms with Crippen molar-refractivity contribution < 1.29 is 19.4 Å². The molecule has 0 fully saturated rings. The molecule has 0 unspecified atom stereocenters. The van der Waals surface area contributed by atoms with E-state index in [1.54, 1.807) is 44.2 Å². The zero-order valence-electron chi connectivity index (χ0n) is 10.6. The molecule has 4 nitrogen and oxygen atoms in total. The first-order valence-corrected chi connectivity index (χ1v) is 6.05. The van der Waals surface area contributed by atoms with Crippen molar-refractivity contribution in [1.29, 1.82) is 0 Å². The normalized spacial score (nSPS) is 13.7. The van der Waals surface area contributed by atoms with Gasteiger partial charge in [-0.05, 0) is 13.3 Å². The average molecular weight is 250 g/mol. The predicted molar refractivity (Wildman–Crippen MR) is 67.2 cm³/mol. The zero-order valence-corrected chi connectivity index (χ0v) is 10.6. The van der Waals surface area contributed by atoms with Gasteiger partial charge >= 0.3 is 5.97 Å². The van der Waals surface area contributed by atoms with Gasteiger partial charge in [0, 0.05) is 5.56 Å². The van der Waals surface area contributed by atoms with Gasteiger partial charge in [-0.15, -0.1) is 0 Å². The molecule has 0 aliphatic heterocycles. The molecule has 98 valence electrons. The molecule has 1 rings (SSSR count). The predicted octanol–water partition coefficient (Wildman–Crippen LogP) is 1.82. The quantitative estimate of drug-likeness (QED) is 0.618. The van der Waals surface area contributed by atoms with E-state index < -0.39 is 18.0 Å². The summed E-state index contributed by atoms with van der Waals surface area (Å²) >= 11 is 0. The van der Waals surface area contributed by atoms with Gasteiger partial charge in [0.2, 0.25) is 0 Å². The van der Waals surface area contributed by atoms with Crippen LogP contribution in [-0.4, -0.2) is 29.6 Å². The molecular weight excluding hydrogens is 232 g/mol. The lowest BCUT2D eigenvalue weighted by atomic mass is 9.90. The van der Waals surface area contributed by atoms with Gasteiger partial charge in [-0.25, -0.2) is 4.79 Å². The molecule has 2 atom stereocenters.